The Balaban J connectivity index is 4.21. The number of nitrogens with one attached hydrogen (secondary N) is 1. The Morgan fingerprint density at radius 2 is 1.57 bits per heavy atom. The van der Waals surface area contributed by atoms with Gasteiger partial charge >= 0.3 is 5.97 Å². The molecule has 6 N–H and O–H groups in total. The normalized spacial score (nSPS) is 17.8. The van der Waals surface area contributed by atoms with E-state index in [1.807, 2.05) is 20.8 Å². The number of rotatable bonds is 14. The Hall–Kier alpha value is -0.770. The maximum Gasteiger partial charge on any atom is 0.309 e. The molecular weight excluding hydrogens is 366 g/mol. The number of carbonyl (C=O) groups is 1. The van der Waals surface area contributed by atoms with Crippen LogP contribution >= 0.6 is 0 Å². The van der Waals surface area contributed by atoms with Gasteiger partial charge in [0.05, 0.1) is 18.6 Å². The fourth-order valence-electron chi connectivity index (χ4n) is 2.86. The zero-order valence-electron chi connectivity index (χ0n) is 18.0. The summed E-state index contributed by atoms with van der Waals surface area (Å²) in [5, 5.41) is 50.2. The van der Waals surface area contributed by atoms with Crippen LogP contribution in [0.4, 0.5) is 0 Å². The van der Waals surface area contributed by atoms with Crippen LogP contribution in [0.1, 0.15) is 60.3 Å². The van der Waals surface area contributed by atoms with Crippen LogP contribution in [0.25, 0.3) is 0 Å². The number of aliphatic hydroxyl groups excluding tert-OH is 5. The van der Waals surface area contributed by atoms with E-state index in [1.54, 1.807) is 0 Å². The largest absolute Gasteiger partial charge is 0.460 e. The van der Waals surface area contributed by atoms with Crippen molar-refractivity contribution in [2.75, 3.05) is 19.7 Å². The summed E-state index contributed by atoms with van der Waals surface area (Å²) in [5.41, 5.74) is -0.501. The molecular formula is C20H41NO7. The lowest BCUT2D eigenvalue weighted by Gasteiger charge is -2.26. The summed E-state index contributed by atoms with van der Waals surface area (Å²) < 4.78 is 5.51. The minimum atomic E-state index is -1.62. The molecule has 0 saturated carbocycles. The van der Waals surface area contributed by atoms with E-state index >= 15 is 0 Å². The summed E-state index contributed by atoms with van der Waals surface area (Å²) in [4.78, 5) is 12.4. The first-order valence-electron chi connectivity index (χ1n) is 10.2. The van der Waals surface area contributed by atoms with Crippen molar-refractivity contribution < 1.29 is 35.1 Å². The van der Waals surface area contributed by atoms with Crippen LogP contribution < -0.4 is 5.32 Å². The van der Waals surface area contributed by atoms with Crippen LogP contribution in [0, 0.1) is 11.8 Å². The standard InChI is InChI=1S/C20H41NO7/c1-13(2)10-14(19(27)28-20(3,4)5)8-6-7-9-21-11-15(23)17(25)18(26)16(24)12-22/h13-18,21-26H,6-12H2,1-5H3. The highest BCUT2D eigenvalue weighted by Gasteiger charge is 2.29. The van der Waals surface area contributed by atoms with Crippen molar-refractivity contribution in [3.05, 3.63) is 0 Å². The number of hydrogen-bond donors (Lipinski definition) is 6. The molecule has 0 bridgehead atoms. The third-order valence-corrected chi connectivity index (χ3v) is 4.33. The highest BCUT2D eigenvalue weighted by Crippen LogP contribution is 2.22. The van der Waals surface area contributed by atoms with Crippen LogP contribution in [0.15, 0.2) is 0 Å². The highest BCUT2D eigenvalue weighted by molar-refractivity contribution is 5.72. The molecule has 5 unspecified atom stereocenters. The molecule has 5 atom stereocenters. The van der Waals surface area contributed by atoms with E-state index in [1.165, 1.54) is 0 Å². The summed E-state index contributed by atoms with van der Waals surface area (Å²) in [7, 11) is 0. The predicted molar refractivity (Wildman–Crippen MR) is 107 cm³/mol. The van der Waals surface area contributed by atoms with Crippen LogP contribution in [0.2, 0.25) is 0 Å². The third-order valence-electron chi connectivity index (χ3n) is 4.33. The van der Waals surface area contributed by atoms with Crippen molar-refractivity contribution in [3.63, 3.8) is 0 Å². The molecule has 0 aliphatic heterocycles. The topological polar surface area (TPSA) is 139 Å². The van der Waals surface area contributed by atoms with Gasteiger partial charge in [0.1, 0.15) is 23.9 Å². The number of aliphatic hydroxyl groups is 5. The first-order chi connectivity index (χ1) is 12.9. The van der Waals surface area contributed by atoms with Gasteiger partial charge in [-0.25, -0.2) is 0 Å². The van der Waals surface area contributed by atoms with Crippen LogP contribution in [-0.2, 0) is 9.53 Å². The van der Waals surface area contributed by atoms with Crippen molar-refractivity contribution in [1.82, 2.24) is 5.32 Å². The molecule has 0 fully saturated rings. The lowest BCUT2D eigenvalue weighted by atomic mass is 9.92. The molecule has 0 aliphatic carbocycles. The van der Waals surface area contributed by atoms with Gasteiger partial charge in [0, 0.05) is 6.54 Å². The zero-order chi connectivity index (χ0) is 21.9. The van der Waals surface area contributed by atoms with E-state index < -0.39 is 36.6 Å². The van der Waals surface area contributed by atoms with Crippen LogP contribution in [-0.4, -0.2) is 81.2 Å². The average Bonchev–Trinajstić information content (AvgIpc) is 2.59. The Labute approximate surface area is 168 Å². The summed E-state index contributed by atoms with van der Waals surface area (Å²) in [6, 6.07) is 0. The number of carbonyl (C=O) groups excluding carboxylic acids is 1. The maximum atomic E-state index is 12.4. The molecule has 0 aromatic heterocycles. The van der Waals surface area contributed by atoms with Crippen molar-refractivity contribution in [2.24, 2.45) is 11.8 Å². The lowest BCUT2D eigenvalue weighted by molar-refractivity contribution is -0.160. The van der Waals surface area contributed by atoms with Gasteiger partial charge in [-0.15, -0.1) is 0 Å². The number of unbranched alkanes of at least 4 members (excludes halogenated alkanes) is 1. The van der Waals surface area contributed by atoms with Gasteiger partial charge in [-0.05, 0) is 52.5 Å². The molecule has 8 heteroatoms. The molecule has 8 nitrogen and oxygen atoms in total. The Morgan fingerprint density at radius 1 is 1.00 bits per heavy atom. The lowest BCUT2D eigenvalue weighted by Crippen LogP contribution is -2.49. The summed E-state index contributed by atoms with van der Waals surface area (Å²) in [5.74, 6) is 0.0962. The minimum Gasteiger partial charge on any atom is -0.460 e. The van der Waals surface area contributed by atoms with E-state index in [0.29, 0.717) is 12.5 Å². The first-order valence-corrected chi connectivity index (χ1v) is 10.2. The third kappa shape index (κ3) is 11.9. The smallest absolute Gasteiger partial charge is 0.309 e. The van der Waals surface area contributed by atoms with Gasteiger partial charge in [0.25, 0.3) is 0 Å². The second-order valence-corrected chi connectivity index (χ2v) is 8.86. The van der Waals surface area contributed by atoms with Crippen LogP contribution in [0.3, 0.4) is 0 Å². The fourth-order valence-corrected chi connectivity index (χ4v) is 2.86. The van der Waals surface area contributed by atoms with Crippen molar-refractivity contribution >= 4 is 5.97 Å². The molecule has 0 rings (SSSR count). The SMILES string of the molecule is CC(C)CC(CCCCNCC(O)C(O)C(O)C(O)CO)C(=O)OC(C)(C)C. The maximum absolute atomic E-state index is 12.4. The van der Waals surface area contributed by atoms with E-state index in [2.05, 4.69) is 19.2 Å². The van der Waals surface area contributed by atoms with Gasteiger partial charge in [0.15, 0.2) is 0 Å². The zero-order valence-corrected chi connectivity index (χ0v) is 18.0. The minimum absolute atomic E-state index is 0.0395. The predicted octanol–water partition coefficient (Wildman–Crippen LogP) is 0.186. The summed E-state index contributed by atoms with van der Waals surface area (Å²) in [6.45, 7) is 9.64. The number of ether oxygens (including phenoxy) is 1. The van der Waals surface area contributed by atoms with Gasteiger partial charge < -0.3 is 35.6 Å². The second kappa shape index (κ2) is 13.5. The molecule has 0 aromatic rings. The Kier molecular flexibility index (Phi) is 13.1. The van der Waals surface area contributed by atoms with E-state index in [4.69, 9.17) is 9.84 Å². The molecule has 0 radical (unpaired) electrons. The fraction of sp³-hybridized carbons (Fsp3) is 0.950. The summed E-state index contributed by atoms with van der Waals surface area (Å²) in [6.07, 6.45) is -2.86. The number of hydrogen-bond acceptors (Lipinski definition) is 8. The summed E-state index contributed by atoms with van der Waals surface area (Å²) >= 11 is 0. The van der Waals surface area contributed by atoms with Crippen molar-refractivity contribution in [3.8, 4) is 0 Å². The van der Waals surface area contributed by atoms with E-state index in [0.717, 1.165) is 25.7 Å². The quantitative estimate of drug-likeness (QED) is 0.177. The average molecular weight is 408 g/mol. The van der Waals surface area contributed by atoms with E-state index in [9.17, 15) is 25.2 Å². The molecule has 0 heterocycles. The van der Waals surface area contributed by atoms with E-state index in [-0.39, 0.29) is 18.4 Å². The monoisotopic (exact) mass is 407 g/mol. The van der Waals surface area contributed by atoms with Gasteiger partial charge in [-0.3, -0.25) is 4.79 Å². The molecule has 0 spiro atoms. The van der Waals surface area contributed by atoms with Crippen molar-refractivity contribution in [2.45, 2.75) is 90.3 Å². The van der Waals surface area contributed by atoms with Gasteiger partial charge in [0.2, 0.25) is 0 Å². The molecule has 0 amide bonds. The van der Waals surface area contributed by atoms with Crippen molar-refractivity contribution in [1.29, 1.82) is 0 Å². The first kappa shape index (κ1) is 27.2. The van der Waals surface area contributed by atoms with Gasteiger partial charge in [-0.2, -0.15) is 0 Å². The molecule has 0 aromatic carbocycles. The Morgan fingerprint density at radius 3 is 2.07 bits per heavy atom. The second-order valence-electron chi connectivity index (χ2n) is 8.86. The molecule has 0 aliphatic rings. The number of esters is 1. The Bertz CT molecular complexity index is 425. The molecule has 168 valence electrons. The van der Waals surface area contributed by atoms with Gasteiger partial charge in [-0.1, -0.05) is 20.3 Å². The van der Waals surface area contributed by atoms with Crippen LogP contribution in [0.5, 0.6) is 0 Å². The molecule has 28 heavy (non-hydrogen) atoms. The highest BCUT2D eigenvalue weighted by atomic mass is 16.6. The molecule has 0 saturated heterocycles.